The van der Waals surface area contributed by atoms with E-state index in [0.717, 1.165) is 0 Å². The van der Waals surface area contributed by atoms with Crippen LogP contribution in [0, 0.1) is 0 Å². The Labute approximate surface area is 75.8 Å². The van der Waals surface area contributed by atoms with Crippen LogP contribution in [0.1, 0.15) is 0 Å². The summed E-state index contributed by atoms with van der Waals surface area (Å²) in [6.45, 7) is -0.603. The second-order valence-electron chi connectivity index (χ2n) is 3.11. The molecular formula is C7H15NO5. The zero-order valence-electron chi connectivity index (χ0n) is 7.34. The van der Waals surface area contributed by atoms with E-state index < -0.39 is 30.6 Å². The monoisotopic (exact) mass is 193 g/mol. The summed E-state index contributed by atoms with van der Waals surface area (Å²) in [5, 5.41) is 39.5. The Hall–Kier alpha value is -0.240. The molecule has 1 fully saturated rings. The fourth-order valence-corrected chi connectivity index (χ4v) is 1.34. The molecule has 6 heteroatoms. The van der Waals surface area contributed by atoms with Gasteiger partial charge in [0.05, 0.1) is 13.2 Å². The number of hydrogen-bond donors (Lipinski definition) is 5. The highest BCUT2D eigenvalue weighted by atomic mass is 16.6. The van der Waals surface area contributed by atoms with E-state index in [1.54, 1.807) is 0 Å². The molecule has 78 valence electrons. The van der Waals surface area contributed by atoms with Gasteiger partial charge in [-0.15, -0.1) is 0 Å². The van der Waals surface area contributed by atoms with E-state index in [2.05, 4.69) is 5.32 Å². The Morgan fingerprint density at radius 3 is 2.54 bits per heavy atom. The van der Waals surface area contributed by atoms with Crippen LogP contribution in [-0.4, -0.2) is 64.7 Å². The van der Waals surface area contributed by atoms with Crippen molar-refractivity contribution < 1.29 is 25.2 Å². The summed E-state index contributed by atoms with van der Waals surface area (Å²) < 4.78 is 5.04. The Bertz CT molecular complexity index is 172. The summed E-state index contributed by atoms with van der Waals surface area (Å²) in [5.74, 6) is 0. The first-order valence-electron chi connectivity index (χ1n) is 4.05. The van der Waals surface area contributed by atoms with Gasteiger partial charge in [0.15, 0.2) is 5.72 Å². The lowest BCUT2D eigenvalue weighted by Crippen LogP contribution is -2.68. The summed E-state index contributed by atoms with van der Waals surface area (Å²) in [6, 6.07) is 0. The molecule has 1 aliphatic heterocycles. The number of aliphatic hydroxyl groups is 4. The lowest BCUT2D eigenvalue weighted by atomic mass is 9.95. The maximum absolute atomic E-state index is 9.50. The molecule has 1 rings (SSSR count). The van der Waals surface area contributed by atoms with Crippen molar-refractivity contribution in [3.05, 3.63) is 0 Å². The van der Waals surface area contributed by atoms with Gasteiger partial charge in [-0.25, -0.2) is 0 Å². The van der Waals surface area contributed by atoms with Gasteiger partial charge in [-0.3, -0.25) is 5.32 Å². The number of aliphatic hydroxyl groups excluding tert-OH is 4. The highest BCUT2D eigenvalue weighted by molar-refractivity contribution is 4.95. The van der Waals surface area contributed by atoms with Crippen LogP contribution in [0.4, 0.5) is 0 Å². The van der Waals surface area contributed by atoms with E-state index in [0.29, 0.717) is 0 Å². The van der Waals surface area contributed by atoms with Crippen LogP contribution in [0.2, 0.25) is 0 Å². The summed E-state index contributed by atoms with van der Waals surface area (Å²) in [7, 11) is 1.49. The molecule has 0 aromatic carbocycles. The Balaban J connectivity index is 2.77. The van der Waals surface area contributed by atoms with Gasteiger partial charge >= 0.3 is 0 Å². The topological polar surface area (TPSA) is 102 Å². The molecule has 0 aromatic rings. The maximum Gasteiger partial charge on any atom is 0.171 e. The smallest absolute Gasteiger partial charge is 0.171 e. The molecule has 1 heterocycles. The van der Waals surface area contributed by atoms with Crippen molar-refractivity contribution in [2.45, 2.75) is 24.0 Å². The van der Waals surface area contributed by atoms with E-state index >= 15 is 0 Å². The van der Waals surface area contributed by atoms with Crippen LogP contribution in [0.3, 0.4) is 0 Å². The van der Waals surface area contributed by atoms with E-state index in [1.165, 1.54) is 7.05 Å². The van der Waals surface area contributed by atoms with Gasteiger partial charge < -0.3 is 25.2 Å². The third-order valence-corrected chi connectivity index (χ3v) is 2.37. The molecule has 0 spiro atoms. The molecule has 0 radical (unpaired) electrons. The molecular weight excluding hydrogens is 178 g/mol. The van der Waals surface area contributed by atoms with E-state index in [1.807, 2.05) is 0 Å². The normalized spacial score (nSPS) is 46.4. The predicted molar refractivity (Wildman–Crippen MR) is 42.8 cm³/mol. The molecule has 4 unspecified atom stereocenters. The van der Waals surface area contributed by atoms with Crippen molar-refractivity contribution in [1.29, 1.82) is 0 Å². The van der Waals surface area contributed by atoms with Crippen LogP contribution >= 0.6 is 0 Å². The third kappa shape index (κ3) is 1.69. The van der Waals surface area contributed by atoms with Crippen molar-refractivity contribution in [2.75, 3.05) is 20.3 Å². The molecule has 0 bridgehead atoms. The molecule has 6 nitrogen and oxygen atoms in total. The molecule has 13 heavy (non-hydrogen) atoms. The number of hydrogen-bond acceptors (Lipinski definition) is 6. The van der Waals surface area contributed by atoms with Crippen LogP contribution in [0.5, 0.6) is 0 Å². The van der Waals surface area contributed by atoms with Gasteiger partial charge in [0, 0.05) is 0 Å². The highest BCUT2D eigenvalue weighted by Gasteiger charge is 2.48. The molecule has 0 amide bonds. The zero-order chi connectivity index (χ0) is 10.1. The van der Waals surface area contributed by atoms with E-state index in [-0.39, 0.29) is 6.61 Å². The van der Waals surface area contributed by atoms with Crippen LogP contribution in [0.25, 0.3) is 0 Å². The Morgan fingerprint density at radius 1 is 1.46 bits per heavy atom. The lowest BCUT2D eigenvalue weighted by Gasteiger charge is -2.43. The average molecular weight is 193 g/mol. The van der Waals surface area contributed by atoms with Gasteiger partial charge in [-0.2, -0.15) is 0 Å². The largest absolute Gasteiger partial charge is 0.392 e. The molecule has 4 atom stereocenters. The first-order valence-corrected chi connectivity index (χ1v) is 4.05. The quantitative estimate of drug-likeness (QED) is 0.320. The van der Waals surface area contributed by atoms with Crippen molar-refractivity contribution in [2.24, 2.45) is 0 Å². The predicted octanol–water partition coefficient (Wildman–Crippen LogP) is -2.99. The average Bonchev–Trinajstić information content (AvgIpc) is 2.16. The third-order valence-electron chi connectivity index (χ3n) is 2.37. The Morgan fingerprint density at radius 2 is 2.08 bits per heavy atom. The lowest BCUT2D eigenvalue weighted by molar-refractivity contribution is -0.256. The van der Waals surface area contributed by atoms with Crippen molar-refractivity contribution in [3.8, 4) is 0 Å². The van der Waals surface area contributed by atoms with Crippen molar-refractivity contribution in [3.63, 3.8) is 0 Å². The number of likely N-dealkylation sites (N-methyl/N-ethyl adjacent to an activating group) is 1. The SMILES string of the molecule is CNC1(CO)OCC(O)C(O)C1O. The fourth-order valence-electron chi connectivity index (χ4n) is 1.34. The minimum Gasteiger partial charge on any atom is -0.392 e. The first-order chi connectivity index (χ1) is 6.07. The number of ether oxygens (including phenoxy) is 1. The standard InChI is InChI=1S/C7H15NO5/c1-8-7(3-9)6(12)5(11)4(10)2-13-7/h4-6,8-12H,2-3H2,1H3. The van der Waals surface area contributed by atoms with Gasteiger partial charge in [0.2, 0.25) is 0 Å². The fraction of sp³-hybridized carbons (Fsp3) is 1.00. The second kappa shape index (κ2) is 3.87. The number of rotatable bonds is 2. The Kier molecular flexibility index (Phi) is 3.23. The zero-order valence-corrected chi connectivity index (χ0v) is 7.34. The summed E-state index contributed by atoms with van der Waals surface area (Å²) in [6.07, 6.45) is -3.79. The molecule has 0 aromatic heterocycles. The minimum atomic E-state index is -1.38. The van der Waals surface area contributed by atoms with Crippen LogP contribution < -0.4 is 5.32 Å². The summed E-state index contributed by atoms with van der Waals surface area (Å²) in [4.78, 5) is 0. The molecule has 1 aliphatic rings. The second-order valence-corrected chi connectivity index (χ2v) is 3.11. The molecule has 1 saturated heterocycles. The molecule has 0 saturated carbocycles. The molecule has 0 aliphatic carbocycles. The van der Waals surface area contributed by atoms with Crippen LogP contribution in [0.15, 0.2) is 0 Å². The minimum absolute atomic E-state index is 0.125. The summed E-state index contributed by atoms with van der Waals surface area (Å²) in [5.41, 5.74) is -1.38. The van der Waals surface area contributed by atoms with Crippen LogP contribution in [-0.2, 0) is 4.74 Å². The van der Waals surface area contributed by atoms with E-state index in [4.69, 9.17) is 14.9 Å². The number of nitrogens with one attached hydrogen (secondary N) is 1. The molecule has 5 N–H and O–H groups in total. The first kappa shape index (κ1) is 10.8. The van der Waals surface area contributed by atoms with E-state index in [9.17, 15) is 10.2 Å². The van der Waals surface area contributed by atoms with Crippen molar-refractivity contribution >= 4 is 0 Å². The maximum atomic E-state index is 9.50. The highest BCUT2D eigenvalue weighted by Crippen LogP contribution is 2.22. The summed E-state index contributed by atoms with van der Waals surface area (Å²) >= 11 is 0. The van der Waals surface area contributed by atoms with Gasteiger partial charge in [0.1, 0.15) is 18.3 Å². The van der Waals surface area contributed by atoms with Crippen molar-refractivity contribution in [1.82, 2.24) is 5.32 Å². The van der Waals surface area contributed by atoms with Gasteiger partial charge in [-0.05, 0) is 7.05 Å². The van der Waals surface area contributed by atoms with Gasteiger partial charge in [-0.1, -0.05) is 0 Å². The van der Waals surface area contributed by atoms with Gasteiger partial charge in [0.25, 0.3) is 0 Å².